The molecule has 1 amide bonds. The fourth-order valence-corrected chi connectivity index (χ4v) is 3.80. The summed E-state index contributed by atoms with van der Waals surface area (Å²) in [5.74, 6) is 0.462. The van der Waals surface area contributed by atoms with E-state index in [-0.39, 0.29) is 12.3 Å². The first kappa shape index (κ1) is 18.1. The fraction of sp³-hybridized carbons (Fsp3) is 0.500. The lowest BCUT2D eigenvalue weighted by Crippen LogP contribution is -2.22. The number of hydrogen-bond donors (Lipinski definition) is 1. The van der Waals surface area contributed by atoms with Crippen molar-refractivity contribution in [2.75, 3.05) is 7.05 Å². The minimum atomic E-state index is -0.334. The number of rotatable bonds is 8. The molecule has 2 rings (SSSR count). The Kier molecular flexibility index (Phi) is 6.34. The largest absolute Gasteiger partial charge is 0.370 e. The molecule has 0 bridgehead atoms. The SMILES string of the molecule is CCn1c(CCC(N)=O)nn(CN(C)Cc2ccc(Cl)s2)c1=S. The maximum absolute atomic E-state index is 11.0. The molecule has 2 N–H and O–H groups in total. The van der Waals surface area contributed by atoms with Gasteiger partial charge in [-0.1, -0.05) is 11.6 Å². The van der Waals surface area contributed by atoms with Crippen molar-refractivity contribution >= 4 is 41.1 Å². The Labute approximate surface area is 149 Å². The maximum atomic E-state index is 11.0. The average molecular weight is 374 g/mol. The smallest absolute Gasteiger partial charge is 0.217 e. The molecular formula is C14H20ClN5OS2. The van der Waals surface area contributed by atoms with Crippen LogP contribution in [0.5, 0.6) is 0 Å². The Balaban J connectivity index is 2.09. The van der Waals surface area contributed by atoms with E-state index in [0.29, 0.717) is 17.9 Å². The number of carbonyl (C=O) groups is 1. The lowest BCUT2D eigenvalue weighted by Gasteiger charge is -2.15. The molecule has 2 aromatic rings. The van der Waals surface area contributed by atoms with E-state index in [9.17, 15) is 4.79 Å². The van der Waals surface area contributed by atoms with E-state index in [1.54, 1.807) is 16.0 Å². The molecule has 0 saturated heterocycles. The highest BCUT2D eigenvalue weighted by Crippen LogP contribution is 2.22. The number of nitrogens with two attached hydrogens (primary N) is 1. The van der Waals surface area contributed by atoms with Crippen LogP contribution in [0.1, 0.15) is 24.0 Å². The maximum Gasteiger partial charge on any atom is 0.217 e. The van der Waals surface area contributed by atoms with Gasteiger partial charge >= 0.3 is 0 Å². The minimum Gasteiger partial charge on any atom is -0.370 e. The lowest BCUT2D eigenvalue weighted by atomic mass is 10.3. The van der Waals surface area contributed by atoms with Gasteiger partial charge in [0.25, 0.3) is 0 Å². The quantitative estimate of drug-likeness (QED) is 0.722. The van der Waals surface area contributed by atoms with Crippen molar-refractivity contribution in [3.8, 4) is 0 Å². The molecule has 0 radical (unpaired) electrons. The Hall–Kier alpha value is -1.22. The van der Waals surface area contributed by atoms with Crippen molar-refractivity contribution in [2.45, 2.75) is 39.5 Å². The Morgan fingerprint density at radius 2 is 2.26 bits per heavy atom. The topological polar surface area (TPSA) is 69.1 Å². The molecule has 0 atom stereocenters. The van der Waals surface area contributed by atoms with Gasteiger partial charge in [-0.2, -0.15) is 5.10 Å². The summed E-state index contributed by atoms with van der Waals surface area (Å²) in [6.07, 6.45) is 0.777. The monoisotopic (exact) mass is 373 g/mol. The van der Waals surface area contributed by atoms with Crippen molar-refractivity contribution in [1.82, 2.24) is 19.2 Å². The number of thiophene rings is 1. The molecule has 2 aromatic heterocycles. The molecule has 0 saturated carbocycles. The van der Waals surface area contributed by atoms with Gasteiger partial charge in [0.05, 0.1) is 11.0 Å². The summed E-state index contributed by atoms with van der Waals surface area (Å²) >= 11 is 13.0. The van der Waals surface area contributed by atoms with Crippen LogP contribution < -0.4 is 5.73 Å². The molecule has 6 nitrogen and oxygen atoms in total. The van der Waals surface area contributed by atoms with E-state index >= 15 is 0 Å². The number of hydrogen-bond acceptors (Lipinski definition) is 5. The molecule has 23 heavy (non-hydrogen) atoms. The molecule has 126 valence electrons. The van der Waals surface area contributed by atoms with Gasteiger partial charge in [-0.3, -0.25) is 9.69 Å². The molecule has 0 aliphatic heterocycles. The van der Waals surface area contributed by atoms with Crippen molar-refractivity contribution in [3.05, 3.63) is 31.9 Å². The Morgan fingerprint density at radius 1 is 1.52 bits per heavy atom. The molecule has 0 aromatic carbocycles. The lowest BCUT2D eigenvalue weighted by molar-refractivity contribution is -0.118. The molecular weight excluding hydrogens is 354 g/mol. The zero-order valence-electron chi connectivity index (χ0n) is 13.2. The second-order valence-corrected chi connectivity index (χ2v) is 7.44. The number of aromatic nitrogens is 3. The summed E-state index contributed by atoms with van der Waals surface area (Å²) < 4.78 is 5.16. The van der Waals surface area contributed by atoms with Crippen molar-refractivity contribution in [2.24, 2.45) is 5.73 Å². The fourth-order valence-electron chi connectivity index (χ4n) is 2.30. The van der Waals surface area contributed by atoms with Crippen LogP contribution in [-0.4, -0.2) is 32.2 Å². The van der Waals surface area contributed by atoms with Crippen LogP contribution >= 0.6 is 35.2 Å². The number of amides is 1. The van der Waals surface area contributed by atoms with Crippen LogP contribution in [0.4, 0.5) is 0 Å². The van der Waals surface area contributed by atoms with Gasteiger partial charge in [0, 0.05) is 30.8 Å². The van der Waals surface area contributed by atoms with E-state index in [1.807, 2.05) is 30.7 Å². The van der Waals surface area contributed by atoms with E-state index in [4.69, 9.17) is 29.6 Å². The average Bonchev–Trinajstić information content (AvgIpc) is 3.01. The second-order valence-electron chi connectivity index (χ2n) is 5.27. The van der Waals surface area contributed by atoms with Gasteiger partial charge in [-0.15, -0.1) is 11.3 Å². The number of carbonyl (C=O) groups excluding carboxylic acids is 1. The predicted molar refractivity (Wildman–Crippen MR) is 95.0 cm³/mol. The molecule has 2 heterocycles. The number of primary amides is 1. The third-order valence-electron chi connectivity index (χ3n) is 3.34. The summed E-state index contributed by atoms with van der Waals surface area (Å²) in [6.45, 7) is 4.07. The van der Waals surface area contributed by atoms with Gasteiger partial charge in [0.15, 0.2) is 4.77 Å². The summed E-state index contributed by atoms with van der Waals surface area (Å²) in [5, 5.41) is 4.54. The van der Waals surface area contributed by atoms with Gasteiger partial charge in [0.1, 0.15) is 5.82 Å². The Morgan fingerprint density at radius 3 is 2.83 bits per heavy atom. The minimum absolute atomic E-state index is 0.273. The summed E-state index contributed by atoms with van der Waals surface area (Å²) in [5.41, 5.74) is 5.22. The number of halogens is 1. The summed E-state index contributed by atoms with van der Waals surface area (Å²) in [6, 6.07) is 3.92. The first-order valence-corrected chi connectivity index (χ1v) is 8.88. The third-order valence-corrected chi connectivity index (χ3v) is 4.99. The van der Waals surface area contributed by atoms with Crippen molar-refractivity contribution in [3.63, 3.8) is 0 Å². The molecule has 9 heteroatoms. The summed E-state index contributed by atoms with van der Waals surface area (Å²) in [4.78, 5) is 14.3. The Bertz CT molecular complexity index is 736. The first-order valence-electron chi connectivity index (χ1n) is 7.28. The highest BCUT2D eigenvalue weighted by molar-refractivity contribution is 7.71. The standard InChI is InChI=1S/C14H20ClN5OS2/c1-3-19-13(7-6-12(16)21)17-20(14(19)22)9-18(2)8-10-4-5-11(15)23-10/h4-5H,3,6-9H2,1-2H3,(H2,16,21). The normalized spacial score (nSPS) is 11.3. The number of aryl methyl sites for hydroxylation is 1. The summed E-state index contributed by atoms with van der Waals surface area (Å²) in [7, 11) is 2.00. The van der Waals surface area contributed by atoms with Crippen LogP contribution in [0.2, 0.25) is 4.34 Å². The van der Waals surface area contributed by atoms with Crippen LogP contribution in [0.25, 0.3) is 0 Å². The predicted octanol–water partition coefficient (Wildman–Crippen LogP) is 2.66. The van der Waals surface area contributed by atoms with Crippen molar-refractivity contribution in [1.29, 1.82) is 0 Å². The molecule has 0 aliphatic carbocycles. The van der Waals surface area contributed by atoms with E-state index in [0.717, 1.165) is 23.3 Å². The van der Waals surface area contributed by atoms with Crippen LogP contribution in [0.15, 0.2) is 12.1 Å². The van der Waals surface area contributed by atoms with Gasteiger partial charge < -0.3 is 10.3 Å². The zero-order chi connectivity index (χ0) is 17.0. The van der Waals surface area contributed by atoms with Gasteiger partial charge in [-0.25, -0.2) is 4.68 Å². The van der Waals surface area contributed by atoms with Gasteiger partial charge in [0.2, 0.25) is 5.91 Å². The van der Waals surface area contributed by atoms with Crippen LogP contribution in [0, 0.1) is 4.77 Å². The third kappa shape index (κ3) is 4.87. The second kappa shape index (κ2) is 8.05. The zero-order valence-corrected chi connectivity index (χ0v) is 15.5. The molecule has 0 spiro atoms. The van der Waals surface area contributed by atoms with Crippen LogP contribution in [-0.2, 0) is 31.0 Å². The molecule has 0 unspecified atom stereocenters. The first-order chi connectivity index (χ1) is 10.9. The van der Waals surface area contributed by atoms with E-state index in [1.165, 1.54) is 4.88 Å². The van der Waals surface area contributed by atoms with Crippen LogP contribution in [0.3, 0.4) is 0 Å². The van der Waals surface area contributed by atoms with Gasteiger partial charge in [-0.05, 0) is 38.3 Å². The molecule has 0 fully saturated rings. The van der Waals surface area contributed by atoms with Crippen molar-refractivity contribution < 1.29 is 4.79 Å². The molecule has 0 aliphatic rings. The van der Waals surface area contributed by atoms with E-state index < -0.39 is 0 Å². The number of nitrogens with zero attached hydrogens (tertiary/aromatic N) is 4. The van der Waals surface area contributed by atoms with E-state index in [2.05, 4.69) is 10.00 Å². The highest BCUT2D eigenvalue weighted by Gasteiger charge is 2.12. The highest BCUT2D eigenvalue weighted by atomic mass is 35.5.